The minimum absolute atomic E-state index is 0.0799. The van der Waals surface area contributed by atoms with Crippen LogP contribution in [0, 0.1) is 0 Å². The Labute approximate surface area is 217 Å². The van der Waals surface area contributed by atoms with Crippen LogP contribution in [0.5, 0.6) is 11.5 Å². The Hall–Kier alpha value is -3.76. The molecular formula is C27H31N3O6S. The number of hydrogen-bond donors (Lipinski definition) is 1. The number of carbonyl (C=O) groups excluding carboxylic acids is 1. The summed E-state index contributed by atoms with van der Waals surface area (Å²) < 4.78 is 44.2. The van der Waals surface area contributed by atoms with Gasteiger partial charge in [0.2, 0.25) is 5.91 Å². The molecule has 4 rings (SSSR count). The van der Waals surface area contributed by atoms with E-state index in [0.29, 0.717) is 24.7 Å². The summed E-state index contributed by atoms with van der Waals surface area (Å²) in [5, 5.41) is 2.84. The van der Waals surface area contributed by atoms with Crippen LogP contribution < -0.4 is 24.0 Å². The Morgan fingerprint density at radius 1 is 0.946 bits per heavy atom. The van der Waals surface area contributed by atoms with Gasteiger partial charge in [-0.05, 0) is 42.0 Å². The van der Waals surface area contributed by atoms with E-state index in [4.69, 9.17) is 14.2 Å². The molecule has 0 bridgehead atoms. The van der Waals surface area contributed by atoms with Gasteiger partial charge in [0.15, 0.2) is 11.5 Å². The summed E-state index contributed by atoms with van der Waals surface area (Å²) in [5.74, 6) is 0.369. The fraction of sp³-hybridized carbons (Fsp3) is 0.296. The Morgan fingerprint density at radius 2 is 1.62 bits per heavy atom. The van der Waals surface area contributed by atoms with Gasteiger partial charge in [-0.2, -0.15) is 0 Å². The van der Waals surface area contributed by atoms with Crippen molar-refractivity contribution in [3.63, 3.8) is 0 Å². The Morgan fingerprint density at radius 3 is 2.27 bits per heavy atom. The highest BCUT2D eigenvalue weighted by Gasteiger charge is 2.28. The van der Waals surface area contributed by atoms with Gasteiger partial charge in [0.25, 0.3) is 10.0 Å². The lowest BCUT2D eigenvalue weighted by Gasteiger charge is -2.29. The molecule has 0 aliphatic carbocycles. The summed E-state index contributed by atoms with van der Waals surface area (Å²) in [7, 11) is -1.07. The van der Waals surface area contributed by atoms with Crippen molar-refractivity contribution in [1.29, 1.82) is 0 Å². The molecule has 1 fully saturated rings. The predicted molar refractivity (Wildman–Crippen MR) is 142 cm³/mol. The molecule has 3 aromatic rings. The van der Waals surface area contributed by atoms with Crippen LogP contribution >= 0.6 is 0 Å². The maximum atomic E-state index is 13.5. The molecule has 0 atom stereocenters. The van der Waals surface area contributed by atoms with Gasteiger partial charge in [0.1, 0.15) is 6.54 Å². The second-order valence-corrected chi connectivity index (χ2v) is 10.3. The summed E-state index contributed by atoms with van der Waals surface area (Å²) in [5.41, 5.74) is 2.30. The Kier molecular flexibility index (Phi) is 8.52. The monoisotopic (exact) mass is 525 g/mol. The quantitative estimate of drug-likeness (QED) is 0.435. The molecule has 10 heteroatoms. The molecule has 1 heterocycles. The molecule has 0 saturated carbocycles. The summed E-state index contributed by atoms with van der Waals surface area (Å²) in [6, 6.07) is 20.7. The van der Waals surface area contributed by atoms with Gasteiger partial charge in [0.05, 0.1) is 38.0 Å². The van der Waals surface area contributed by atoms with Gasteiger partial charge in [0, 0.05) is 31.4 Å². The highest BCUT2D eigenvalue weighted by molar-refractivity contribution is 7.92. The number of nitrogens with one attached hydrogen (secondary N) is 1. The standard InChI is InChI=1S/C27H31N3O6S/c1-34-25-13-12-23(18-26(25)35-2)30(37(32,33)24-6-4-3-5-7-24)20-27(31)28-19-21-8-10-22(11-9-21)29-14-16-36-17-15-29/h3-13,18H,14-17,19-20H2,1-2H3,(H,28,31). The van der Waals surface area contributed by atoms with Crippen molar-refractivity contribution in [1.82, 2.24) is 5.32 Å². The van der Waals surface area contributed by atoms with Gasteiger partial charge in [-0.1, -0.05) is 30.3 Å². The van der Waals surface area contributed by atoms with E-state index < -0.39 is 22.5 Å². The maximum absolute atomic E-state index is 13.5. The zero-order valence-electron chi connectivity index (χ0n) is 20.9. The van der Waals surface area contributed by atoms with Crippen LogP contribution in [-0.4, -0.2) is 61.4 Å². The van der Waals surface area contributed by atoms with Crippen molar-refractivity contribution < 1.29 is 27.4 Å². The SMILES string of the molecule is COc1ccc(N(CC(=O)NCc2ccc(N3CCOCC3)cc2)S(=O)(=O)c2ccccc2)cc1OC. The number of morpholine rings is 1. The molecule has 196 valence electrons. The van der Waals surface area contributed by atoms with E-state index in [1.165, 1.54) is 32.4 Å². The van der Waals surface area contributed by atoms with E-state index in [-0.39, 0.29) is 17.1 Å². The van der Waals surface area contributed by atoms with Crippen LogP contribution in [0.4, 0.5) is 11.4 Å². The number of anilines is 2. The summed E-state index contributed by atoms with van der Waals surface area (Å²) in [6.45, 7) is 2.97. The van der Waals surface area contributed by atoms with E-state index in [0.717, 1.165) is 28.6 Å². The van der Waals surface area contributed by atoms with E-state index in [9.17, 15) is 13.2 Å². The highest BCUT2D eigenvalue weighted by Crippen LogP contribution is 2.33. The average molecular weight is 526 g/mol. The van der Waals surface area contributed by atoms with Crippen molar-refractivity contribution in [3.05, 3.63) is 78.4 Å². The molecule has 3 aromatic carbocycles. The number of sulfonamides is 1. The fourth-order valence-electron chi connectivity index (χ4n) is 4.05. The lowest BCUT2D eigenvalue weighted by atomic mass is 10.2. The van der Waals surface area contributed by atoms with Crippen LogP contribution in [0.3, 0.4) is 0 Å². The topological polar surface area (TPSA) is 97.4 Å². The van der Waals surface area contributed by atoms with E-state index in [1.54, 1.807) is 30.3 Å². The molecule has 1 amide bonds. The van der Waals surface area contributed by atoms with Crippen molar-refractivity contribution in [2.75, 3.05) is 56.3 Å². The summed E-state index contributed by atoms with van der Waals surface area (Å²) in [4.78, 5) is 15.3. The molecule has 37 heavy (non-hydrogen) atoms. The predicted octanol–water partition coefficient (Wildman–Crippen LogP) is 3.05. The van der Waals surface area contributed by atoms with E-state index in [2.05, 4.69) is 10.2 Å². The molecule has 1 saturated heterocycles. The minimum Gasteiger partial charge on any atom is -0.493 e. The van der Waals surface area contributed by atoms with Crippen molar-refractivity contribution in [2.24, 2.45) is 0 Å². The van der Waals surface area contributed by atoms with Gasteiger partial charge in [-0.3, -0.25) is 9.10 Å². The van der Waals surface area contributed by atoms with E-state index in [1.807, 2.05) is 24.3 Å². The molecule has 1 aliphatic heterocycles. The summed E-state index contributed by atoms with van der Waals surface area (Å²) >= 11 is 0. The van der Waals surface area contributed by atoms with Crippen molar-refractivity contribution >= 4 is 27.3 Å². The normalized spacial score (nSPS) is 13.6. The first-order valence-corrected chi connectivity index (χ1v) is 13.3. The molecule has 1 N–H and O–H groups in total. The average Bonchev–Trinajstić information content (AvgIpc) is 2.95. The number of amides is 1. The van der Waals surface area contributed by atoms with Crippen LogP contribution in [0.25, 0.3) is 0 Å². The van der Waals surface area contributed by atoms with E-state index >= 15 is 0 Å². The number of benzene rings is 3. The van der Waals surface area contributed by atoms with Crippen molar-refractivity contribution in [2.45, 2.75) is 11.4 Å². The number of carbonyl (C=O) groups is 1. The van der Waals surface area contributed by atoms with Crippen molar-refractivity contribution in [3.8, 4) is 11.5 Å². The number of ether oxygens (including phenoxy) is 3. The molecule has 9 nitrogen and oxygen atoms in total. The molecule has 1 aliphatic rings. The summed E-state index contributed by atoms with van der Waals surface area (Å²) in [6.07, 6.45) is 0. The van der Waals surface area contributed by atoms with Gasteiger partial charge in [-0.25, -0.2) is 8.42 Å². The molecule has 0 radical (unpaired) electrons. The Bertz CT molecular complexity index is 1290. The lowest BCUT2D eigenvalue weighted by Crippen LogP contribution is -2.40. The first-order chi connectivity index (χ1) is 17.9. The largest absolute Gasteiger partial charge is 0.493 e. The smallest absolute Gasteiger partial charge is 0.264 e. The first kappa shape index (κ1) is 26.3. The highest BCUT2D eigenvalue weighted by atomic mass is 32.2. The van der Waals surface area contributed by atoms with Gasteiger partial charge < -0.3 is 24.4 Å². The van der Waals surface area contributed by atoms with Crippen LogP contribution in [0.1, 0.15) is 5.56 Å². The fourth-order valence-corrected chi connectivity index (χ4v) is 5.48. The third-order valence-corrected chi connectivity index (χ3v) is 7.86. The maximum Gasteiger partial charge on any atom is 0.264 e. The first-order valence-electron chi connectivity index (χ1n) is 11.9. The second-order valence-electron chi connectivity index (χ2n) is 8.41. The van der Waals surface area contributed by atoms with Crippen LogP contribution in [0.15, 0.2) is 77.7 Å². The molecule has 0 spiro atoms. The minimum atomic E-state index is -4.03. The van der Waals surface area contributed by atoms with Crippen LogP contribution in [-0.2, 0) is 26.1 Å². The van der Waals surface area contributed by atoms with Gasteiger partial charge in [-0.15, -0.1) is 0 Å². The third kappa shape index (κ3) is 6.33. The number of rotatable bonds is 10. The third-order valence-electron chi connectivity index (χ3n) is 6.08. The Balaban J connectivity index is 1.50. The number of nitrogens with zero attached hydrogens (tertiary/aromatic N) is 2. The lowest BCUT2D eigenvalue weighted by molar-refractivity contribution is -0.119. The zero-order valence-corrected chi connectivity index (χ0v) is 21.7. The zero-order chi connectivity index (χ0) is 26.3. The van der Waals surface area contributed by atoms with Gasteiger partial charge >= 0.3 is 0 Å². The van der Waals surface area contributed by atoms with Crippen LogP contribution in [0.2, 0.25) is 0 Å². The molecular weight excluding hydrogens is 494 g/mol. The number of hydrogen-bond acceptors (Lipinski definition) is 7. The molecule has 0 unspecified atom stereocenters. The second kappa shape index (κ2) is 12.0. The molecule has 0 aromatic heterocycles. The number of methoxy groups -OCH3 is 2.